The first-order chi connectivity index (χ1) is 7.81. The maximum atomic E-state index is 3.78. The summed E-state index contributed by atoms with van der Waals surface area (Å²) in [6.07, 6.45) is 8.33. The summed E-state index contributed by atoms with van der Waals surface area (Å²) in [5, 5.41) is 0. The van der Waals surface area contributed by atoms with E-state index in [2.05, 4.69) is 49.9 Å². The average Bonchev–Trinajstić information content (AvgIpc) is 3.06. The molecule has 0 aromatic heterocycles. The van der Waals surface area contributed by atoms with Gasteiger partial charge in [0.25, 0.3) is 0 Å². The predicted molar refractivity (Wildman–Crippen MR) is 71.1 cm³/mol. The molecule has 0 heterocycles. The molecule has 2 rings (SSSR count). The van der Waals surface area contributed by atoms with E-state index in [9.17, 15) is 0 Å². The predicted octanol–water partition coefficient (Wildman–Crippen LogP) is 4.69. The largest absolute Gasteiger partial charge is 0.103 e. The zero-order valence-electron chi connectivity index (χ0n) is 10.0. The molecule has 1 aromatic carbocycles. The Morgan fingerprint density at radius 1 is 1.38 bits per heavy atom. The first-order valence-electron chi connectivity index (χ1n) is 6.16. The van der Waals surface area contributed by atoms with Crippen LogP contribution in [0.5, 0.6) is 0 Å². The quantitative estimate of drug-likeness (QED) is 0.621. The van der Waals surface area contributed by atoms with E-state index in [0.29, 0.717) is 0 Å². The zero-order chi connectivity index (χ0) is 11.4. The van der Waals surface area contributed by atoms with Crippen LogP contribution in [0, 0.1) is 11.8 Å². The Labute approximate surface area is 98.7 Å². The third-order valence-electron chi connectivity index (χ3n) is 3.41. The van der Waals surface area contributed by atoms with Crippen LogP contribution in [0.2, 0.25) is 0 Å². The van der Waals surface area contributed by atoms with Crippen molar-refractivity contribution < 1.29 is 0 Å². The third kappa shape index (κ3) is 2.85. The van der Waals surface area contributed by atoms with Gasteiger partial charge in [0, 0.05) is 0 Å². The van der Waals surface area contributed by atoms with Gasteiger partial charge in [0.2, 0.25) is 0 Å². The van der Waals surface area contributed by atoms with Gasteiger partial charge < -0.3 is 0 Å². The van der Waals surface area contributed by atoms with E-state index in [1.54, 1.807) is 0 Å². The van der Waals surface area contributed by atoms with Gasteiger partial charge in [-0.3, -0.25) is 0 Å². The molecule has 0 N–H and O–H groups in total. The molecule has 0 heteroatoms. The Kier molecular flexibility index (Phi) is 3.61. The minimum atomic E-state index is 0.820. The van der Waals surface area contributed by atoms with Crippen LogP contribution in [0.15, 0.2) is 49.1 Å². The van der Waals surface area contributed by atoms with Crippen molar-refractivity contribution in [2.45, 2.75) is 26.2 Å². The van der Waals surface area contributed by atoms with Gasteiger partial charge in [0.05, 0.1) is 0 Å². The number of allylic oxidation sites excluding steroid dienone is 3. The van der Waals surface area contributed by atoms with E-state index in [-0.39, 0.29) is 0 Å². The SMILES string of the molecule is C=CCCC1C[C@@H]1/C=C(\C)c1ccccc1. The van der Waals surface area contributed by atoms with Gasteiger partial charge in [-0.1, -0.05) is 42.5 Å². The van der Waals surface area contributed by atoms with E-state index in [1.165, 1.54) is 30.4 Å². The summed E-state index contributed by atoms with van der Waals surface area (Å²) in [6, 6.07) is 10.7. The molecule has 1 unspecified atom stereocenters. The molecular weight excluding hydrogens is 192 g/mol. The van der Waals surface area contributed by atoms with Crippen LogP contribution in [0.25, 0.3) is 5.57 Å². The molecule has 1 aromatic rings. The minimum absolute atomic E-state index is 0.820. The summed E-state index contributed by atoms with van der Waals surface area (Å²) >= 11 is 0. The molecule has 0 bridgehead atoms. The number of rotatable bonds is 5. The highest BCUT2D eigenvalue weighted by atomic mass is 14.4. The van der Waals surface area contributed by atoms with Crippen LogP contribution in [0.1, 0.15) is 31.7 Å². The maximum absolute atomic E-state index is 3.78. The lowest BCUT2D eigenvalue weighted by molar-refractivity contribution is 0.708. The Bertz CT molecular complexity index is 372. The van der Waals surface area contributed by atoms with Crippen molar-refractivity contribution in [3.63, 3.8) is 0 Å². The van der Waals surface area contributed by atoms with Crippen LogP contribution >= 0.6 is 0 Å². The first kappa shape index (κ1) is 11.2. The van der Waals surface area contributed by atoms with Gasteiger partial charge in [0.15, 0.2) is 0 Å². The van der Waals surface area contributed by atoms with Crippen molar-refractivity contribution in [1.29, 1.82) is 0 Å². The van der Waals surface area contributed by atoms with Crippen molar-refractivity contribution in [3.8, 4) is 0 Å². The lowest BCUT2D eigenvalue weighted by Crippen LogP contribution is -1.82. The van der Waals surface area contributed by atoms with Gasteiger partial charge in [-0.2, -0.15) is 0 Å². The maximum Gasteiger partial charge on any atom is -0.0196 e. The second-order valence-electron chi connectivity index (χ2n) is 4.74. The fraction of sp³-hybridized carbons (Fsp3) is 0.375. The molecule has 0 saturated heterocycles. The fourth-order valence-electron chi connectivity index (χ4n) is 2.26. The normalized spacial score (nSPS) is 24.2. The molecule has 0 nitrogen and oxygen atoms in total. The lowest BCUT2D eigenvalue weighted by atomic mass is 10.1. The summed E-state index contributed by atoms with van der Waals surface area (Å²) in [4.78, 5) is 0. The van der Waals surface area contributed by atoms with Gasteiger partial charge in [-0.25, -0.2) is 0 Å². The molecule has 1 fully saturated rings. The van der Waals surface area contributed by atoms with Gasteiger partial charge >= 0.3 is 0 Å². The molecule has 0 aliphatic heterocycles. The van der Waals surface area contributed by atoms with E-state index in [1.807, 2.05) is 6.08 Å². The van der Waals surface area contributed by atoms with Gasteiger partial charge in [-0.05, 0) is 49.2 Å². The van der Waals surface area contributed by atoms with Crippen LogP contribution in [0.3, 0.4) is 0 Å². The van der Waals surface area contributed by atoms with E-state index in [4.69, 9.17) is 0 Å². The van der Waals surface area contributed by atoms with Crippen molar-refractivity contribution in [2.75, 3.05) is 0 Å². The van der Waals surface area contributed by atoms with E-state index >= 15 is 0 Å². The number of hydrogen-bond acceptors (Lipinski definition) is 0. The van der Waals surface area contributed by atoms with Crippen LogP contribution in [0.4, 0.5) is 0 Å². The second-order valence-corrected chi connectivity index (χ2v) is 4.74. The second kappa shape index (κ2) is 5.16. The summed E-state index contributed by atoms with van der Waals surface area (Å²) in [7, 11) is 0. The molecule has 0 radical (unpaired) electrons. The van der Waals surface area contributed by atoms with Crippen LogP contribution < -0.4 is 0 Å². The fourth-order valence-corrected chi connectivity index (χ4v) is 2.26. The van der Waals surface area contributed by atoms with E-state index in [0.717, 1.165) is 11.8 Å². The molecule has 0 amide bonds. The molecule has 1 saturated carbocycles. The monoisotopic (exact) mass is 212 g/mol. The summed E-state index contributed by atoms with van der Waals surface area (Å²) in [5.41, 5.74) is 2.78. The van der Waals surface area contributed by atoms with Crippen molar-refractivity contribution >= 4 is 5.57 Å². The molecule has 84 valence electrons. The molecular formula is C16H20. The van der Waals surface area contributed by atoms with E-state index < -0.39 is 0 Å². The Hall–Kier alpha value is -1.30. The lowest BCUT2D eigenvalue weighted by Gasteiger charge is -2.00. The van der Waals surface area contributed by atoms with Crippen molar-refractivity contribution in [3.05, 3.63) is 54.6 Å². The minimum Gasteiger partial charge on any atom is -0.103 e. The topological polar surface area (TPSA) is 0 Å². The smallest absolute Gasteiger partial charge is 0.0196 e. The first-order valence-corrected chi connectivity index (χ1v) is 6.16. The average molecular weight is 212 g/mol. The highest BCUT2D eigenvalue weighted by molar-refractivity contribution is 5.64. The molecule has 1 aliphatic carbocycles. The standard InChI is InChI=1S/C16H20/c1-3-4-8-15-12-16(15)11-13(2)14-9-6-5-7-10-14/h3,5-7,9-11,15-16H,1,4,8,12H2,2H3/b13-11+/t15?,16-/m0/s1. The zero-order valence-corrected chi connectivity index (χ0v) is 10.0. The van der Waals surface area contributed by atoms with Gasteiger partial charge in [0.1, 0.15) is 0 Å². The van der Waals surface area contributed by atoms with Crippen LogP contribution in [-0.4, -0.2) is 0 Å². The van der Waals surface area contributed by atoms with Crippen molar-refractivity contribution in [1.82, 2.24) is 0 Å². The molecule has 16 heavy (non-hydrogen) atoms. The molecule has 2 atom stereocenters. The highest BCUT2D eigenvalue weighted by Gasteiger charge is 2.33. The summed E-state index contributed by atoms with van der Waals surface area (Å²) in [5.74, 6) is 1.73. The van der Waals surface area contributed by atoms with Crippen molar-refractivity contribution in [2.24, 2.45) is 11.8 Å². The molecule has 0 spiro atoms. The summed E-state index contributed by atoms with van der Waals surface area (Å²) in [6.45, 7) is 6.00. The Morgan fingerprint density at radius 2 is 2.12 bits per heavy atom. The number of hydrogen-bond donors (Lipinski definition) is 0. The summed E-state index contributed by atoms with van der Waals surface area (Å²) < 4.78 is 0. The van der Waals surface area contributed by atoms with Gasteiger partial charge in [-0.15, -0.1) is 6.58 Å². The number of benzene rings is 1. The highest BCUT2D eigenvalue weighted by Crippen LogP contribution is 2.44. The Balaban J connectivity index is 1.92. The molecule has 1 aliphatic rings. The Morgan fingerprint density at radius 3 is 2.81 bits per heavy atom. The van der Waals surface area contributed by atoms with Crippen LogP contribution in [-0.2, 0) is 0 Å². The third-order valence-corrected chi connectivity index (χ3v) is 3.41.